The van der Waals surface area contributed by atoms with Crippen LogP contribution in [0.2, 0.25) is 0 Å². The number of nitrogens with zero attached hydrogens (tertiary/aromatic N) is 3. The summed E-state index contributed by atoms with van der Waals surface area (Å²) in [5.74, 6) is 0. The Kier molecular flexibility index (Phi) is 4.80. The van der Waals surface area contributed by atoms with Crippen molar-refractivity contribution in [2.75, 3.05) is 6.54 Å². The highest BCUT2D eigenvalue weighted by Gasteiger charge is 2.10. The lowest BCUT2D eigenvalue weighted by atomic mass is 10.1. The van der Waals surface area contributed by atoms with E-state index in [1.165, 1.54) is 22.5 Å². The summed E-state index contributed by atoms with van der Waals surface area (Å²) in [5, 5.41) is 5.63. The minimum absolute atomic E-state index is 0.826. The highest BCUT2D eigenvalue weighted by atomic mass is 32.2. The van der Waals surface area contributed by atoms with Gasteiger partial charge in [0.2, 0.25) is 0 Å². The lowest BCUT2D eigenvalue weighted by Gasteiger charge is -2.10. The summed E-state index contributed by atoms with van der Waals surface area (Å²) in [6.07, 6.45) is 2.71. The minimum Gasteiger partial charge on any atom is -0.313 e. The normalized spacial score (nSPS) is 11.1. The molecule has 3 rings (SSSR count). The van der Waals surface area contributed by atoms with Crippen LogP contribution < -0.4 is 5.32 Å². The summed E-state index contributed by atoms with van der Waals surface area (Å²) in [5.41, 5.74) is 2.23. The molecule has 0 fully saturated rings. The number of hydrogen-bond acceptors (Lipinski definition) is 6. The van der Waals surface area contributed by atoms with Crippen LogP contribution in [0.1, 0.15) is 18.9 Å². The van der Waals surface area contributed by atoms with E-state index in [-0.39, 0.29) is 0 Å². The first kappa shape index (κ1) is 14.4. The standard InChI is InChI=1S/C15H16N4S2/c1-2-7-16-9-12-8-11-5-3-4-6-13(11)19-14(12)20-15-17-10-18-21-15/h3-6,8,10,16H,2,7,9H2,1H3. The Bertz CT molecular complexity index is 713. The minimum atomic E-state index is 0.826. The van der Waals surface area contributed by atoms with Crippen molar-refractivity contribution in [3.8, 4) is 0 Å². The molecular weight excluding hydrogens is 300 g/mol. The van der Waals surface area contributed by atoms with Crippen LogP contribution in [0.25, 0.3) is 10.9 Å². The number of hydrogen-bond donors (Lipinski definition) is 1. The lowest BCUT2D eigenvalue weighted by molar-refractivity contribution is 0.666. The van der Waals surface area contributed by atoms with Crippen LogP contribution in [0, 0.1) is 0 Å². The van der Waals surface area contributed by atoms with Gasteiger partial charge in [-0.1, -0.05) is 25.1 Å². The molecule has 1 N–H and O–H groups in total. The number of aromatic nitrogens is 3. The molecule has 0 spiro atoms. The summed E-state index contributed by atoms with van der Waals surface area (Å²) in [4.78, 5) is 9.03. The van der Waals surface area contributed by atoms with Gasteiger partial charge in [0.05, 0.1) is 5.52 Å². The van der Waals surface area contributed by atoms with E-state index in [0.717, 1.165) is 34.4 Å². The maximum Gasteiger partial charge on any atom is 0.176 e. The molecule has 1 aromatic carbocycles. The third-order valence-corrected chi connectivity index (χ3v) is 4.79. The van der Waals surface area contributed by atoms with Crippen LogP contribution in [0.5, 0.6) is 0 Å². The average molecular weight is 316 g/mol. The van der Waals surface area contributed by atoms with E-state index in [1.54, 1.807) is 18.1 Å². The lowest BCUT2D eigenvalue weighted by Crippen LogP contribution is -2.14. The Balaban J connectivity index is 1.95. The largest absolute Gasteiger partial charge is 0.313 e. The molecule has 0 aliphatic heterocycles. The summed E-state index contributed by atoms with van der Waals surface area (Å²) in [7, 11) is 0. The van der Waals surface area contributed by atoms with Crippen molar-refractivity contribution in [1.29, 1.82) is 0 Å². The second-order valence-corrected chi connectivity index (χ2v) is 6.65. The van der Waals surface area contributed by atoms with Crippen LogP contribution >= 0.6 is 23.3 Å². The second-order valence-electron chi connectivity index (χ2n) is 4.63. The molecule has 0 aliphatic rings. The summed E-state index contributed by atoms with van der Waals surface area (Å²) >= 11 is 2.99. The van der Waals surface area contributed by atoms with E-state index in [0.29, 0.717) is 0 Å². The Morgan fingerprint density at radius 2 is 2.19 bits per heavy atom. The molecule has 3 aromatic rings. The molecule has 0 saturated heterocycles. The van der Waals surface area contributed by atoms with Crippen LogP contribution in [0.15, 0.2) is 46.0 Å². The molecule has 0 atom stereocenters. The fraction of sp³-hybridized carbons (Fsp3) is 0.267. The van der Waals surface area contributed by atoms with Crippen molar-refractivity contribution < 1.29 is 0 Å². The van der Waals surface area contributed by atoms with E-state index in [1.807, 2.05) is 18.2 Å². The van der Waals surface area contributed by atoms with Gasteiger partial charge in [0.1, 0.15) is 11.4 Å². The fourth-order valence-corrected chi connectivity index (χ4v) is 3.51. The van der Waals surface area contributed by atoms with Crippen LogP contribution in [-0.4, -0.2) is 20.9 Å². The molecule has 0 unspecified atom stereocenters. The third-order valence-electron chi connectivity index (χ3n) is 3.03. The van der Waals surface area contributed by atoms with Gasteiger partial charge in [0, 0.05) is 11.9 Å². The van der Waals surface area contributed by atoms with E-state index < -0.39 is 0 Å². The molecule has 2 aromatic heterocycles. The van der Waals surface area contributed by atoms with Crippen molar-refractivity contribution in [3.05, 3.63) is 42.2 Å². The Morgan fingerprint density at radius 3 is 3.00 bits per heavy atom. The van der Waals surface area contributed by atoms with Crippen molar-refractivity contribution >= 4 is 34.2 Å². The zero-order valence-electron chi connectivity index (χ0n) is 11.7. The second kappa shape index (κ2) is 6.98. The highest BCUT2D eigenvalue weighted by Crippen LogP contribution is 2.31. The number of benzene rings is 1. The van der Waals surface area contributed by atoms with Crippen molar-refractivity contribution in [1.82, 2.24) is 19.7 Å². The Morgan fingerprint density at radius 1 is 1.29 bits per heavy atom. The molecule has 4 nitrogen and oxygen atoms in total. The maximum atomic E-state index is 4.79. The van der Waals surface area contributed by atoms with Crippen LogP contribution in [0.3, 0.4) is 0 Å². The van der Waals surface area contributed by atoms with Gasteiger partial charge in [0.15, 0.2) is 4.34 Å². The van der Waals surface area contributed by atoms with Crippen molar-refractivity contribution in [3.63, 3.8) is 0 Å². The molecule has 0 radical (unpaired) electrons. The monoisotopic (exact) mass is 316 g/mol. The molecular formula is C15H16N4S2. The van der Waals surface area contributed by atoms with Gasteiger partial charge in [-0.3, -0.25) is 0 Å². The first-order valence-electron chi connectivity index (χ1n) is 6.90. The molecule has 108 valence electrons. The van der Waals surface area contributed by atoms with Crippen LogP contribution in [0.4, 0.5) is 0 Å². The zero-order chi connectivity index (χ0) is 14.5. The van der Waals surface area contributed by atoms with Crippen LogP contribution in [-0.2, 0) is 6.54 Å². The third kappa shape index (κ3) is 3.58. The smallest absolute Gasteiger partial charge is 0.176 e. The molecule has 2 heterocycles. The van der Waals surface area contributed by atoms with E-state index >= 15 is 0 Å². The number of rotatable bonds is 6. The van der Waals surface area contributed by atoms with Gasteiger partial charge in [-0.25, -0.2) is 9.97 Å². The maximum absolute atomic E-state index is 4.79. The number of pyridine rings is 1. The predicted octanol–water partition coefficient (Wildman–Crippen LogP) is 3.74. The molecule has 0 bridgehead atoms. The van der Waals surface area contributed by atoms with Crippen molar-refractivity contribution in [2.24, 2.45) is 0 Å². The highest BCUT2D eigenvalue weighted by molar-refractivity contribution is 8.00. The Labute approximate surface area is 132 Å². The predicted molar refractivity (Wildman–Crippen MR) is 87.8 cm³/mol. The summed E-state index contributed by atoms with van der Waals surface area (Å²) < 4.78 is 4.98. The molecule has 6 heteroatoms. The first-order chi connectivity index (χ1) is 10.4. The van der Waals surface area contributed by atoms with Gasteiger partial charge in [-0.05, 0) is 54.0 Å². The quantitative estimate of drug-likeness (QED) is 0.702. The molecule has 0 saturated carbocycles. The van der Waals surface area contributed by atoms with Crippen molar-refractivity contribution in [2.45, 2.75) is 29.3 Å². The number of nitrogens with one attached hydrogen (secondary N) is 1. The van der Waals surface area contributed by atoms with E-state index in [9.17, 15) is 0 Å². The fourth-order valence-electron chi connectivity index (χ4n) is 2.05. The first-order valence-corrected chi connectivity index (χ1v) is 8.49. The molecule has 0 aliphatic carbocycles. The van der Waals surface area contributed by atoms with Gasteiger partial charge < -0.3 is 5.32 Å². The Hall–Kier alpha value is -1.50. The molecule has 0 amide bonds. The topological polar surface area (TPSA) is 50.7 Å². The summed E-state index contributed by atoms with van der Waals surface area (Å²) in [6, 6.07) is 10.4. The van der Waals surface area contributed by atoms with E-state index in [2.05, 4.69) is 33.7 Å². The molecule has 21 heavy (non-hydrogen) atoms. The van der Waals surface area contributed by atoms with Gasteiger partial charge in [-0.2, -0.15) is 4.37 Å². The SMILES string of the molecule is CCCNCc1cc2ccccc2nc1Sc1ncns1. The number of para-hydroxylation sites is 1. The van der Waals surface area contributed by atoms with Gasteiger partial charge in [0.25, 0.3) is 0 Å². The van der Waals surface area contributed by atoms with Gasteiger partial charge >= 0.3 is 0 Å². The van der Waals surface area contributed by atoms with Gasteiger partial charge in [-0.15, -0.1) is 0 Å². The summed E-state index contributed by atoms with van der Waals surface area (Å²) in [6.45, 7) is 4.01. The van der Waals surface area contributed by atoms with E-state index in [4.69, 9.17) is 4.98 Å². The average Bonchev–Trinajstić information content (AvgIpc) is 3.01. The number of fused-ring (bicyclic) bond motifs is 1. The zero-order valence-corrected chi connectivity index (χ0v) is 13.4.